The molecule has 1 aromatic carbocycles. The Morgan fingerprint density at radius 3 is 1.74 bits per heavy atom. The Morgan fingerprint density at radius 2 is 1.26 bits per heavy atom. The van der Waals surface area contributed by atoms with Crippen molar-refractivity contribution in [2.75, 3.05) is 32.0 Å². The van der Waals surface area contributed by atoms with E-state index < -0.39 is 47.9 Å². The van der Waals surface area contributed by atoms with Crippen LogP contribution in [0.25, 0.3) is 0 Å². The molecule has 17 heteroatoms. The number of carbonyl (C=O) groups excluding carboxylic acids is 6. The van der Waals surface area contributed by atoms with Crippen molar-refractivity contribution in [3.8, 4) is 0 Å². The molecule has 2 atom stereocenters. The van der Waals surface area contributed by atoms with Crippen LogP contribution in [-0.4, -0.2) is 78.6 Å². The van der Waals surface area contributed by atoms with Crippen LogP contribution in [0.5, 0.6) is 0 Å². The van der Waals surface area contributed by atoms with Gasteiger partial charge in [0.25, 0.3) is 11.8 Å². The maximum absolute atomic E-state index is 13.4. The first-order valence-electron chi connectivity index (χ1n) is 10.9. The number of benzene rings is 1. The second-order valence-electron chi connectivity index (χ2n) is 7.73. The van der Waals surface area contributed by atoms with Gasteiger partial charge >= 0.3 is 23.9 Å². The number of hydrogen-bond acceptors (Lipinski definition) is 11. The molecule has 0 bridgehead atoms. The van der Waals surface area contributed by atoms with Crippen LogP contribution >= 0.6 is 79.5 Å². The average molecular weight is 908 g/mol. The number of nitrogens with one attached hydrogen (secondary N) is 1. The summed E-state index contributed by atoms with van der Waals surface area (Å²) >= 11 is 11.8. The predicted molar refractivity (Wildman–Crippen MR) is 163 cm³/mol. The van der Waals surface area contributed by atoms with Gasteiger partial charge in [-0.05, 0) is 67.8 Å². The van der Waals surface area contributed by atoms with Crippen LogP contribution in [0.4, 0.5) is 5.69 Å². The molecule has 2 amide bonds. The molecule has 1 rings (SSSR count). The summed E-state index contributed by atoms with van der Waals surface area (Å²) in [5.41, 5.74) is 6.43. The maximum atomic E-state index is 13.4. The van der Waals surface area contributed by atoms with Crippen molar-refractivity contribution < 1.29 is 47.7 Å². The van der Waals surface area contributed by atoms with Crippen LogP contribution in [0.2, 0.25) is 0 Å². The summed E-state index contributed by atoms with van der Waals surface area (Å²) in [6, 6.07) is 0. The summed E-state index contributed by atoms with van der Waals surface area (Å²) in [6.07, 6.45) is -2.01. The fourth-order valence-electron chi connectivity index (χ4n) is 2.90. The number of esters is 4. The number of anilines is 1. The number of carbonyl (C=O) groups is 6. The molecule has 0 aromatic heterocycles. The predicted octanol–water partition coefficient (Wildman–Crippen LogP) is 2.40. The van der Waals surface area contributed by atoms with Crippen molar-refractivity contribution in [3.63, 3.8) is 0 Å². The molecule has 0 aliphatic heterocycles. The van der Waals surface area contributed by atoms with Crippen LogP contribution in [0.15, 0.2) is 0 Å². The van der Waals surface area contributed by atoms with Gasteiger partial charge in [-0.1, -0.05) is 0 Å². The van der Waals surface area contributed by atoms with Gasteiger partial charge in [-0.3, -0.25) is 28.8 Å². The fourth-order valence-corrected chi connectivity index (χ4v) is 7.25. The lowest BCUT2D eigenvalue weighted by atomic mass is 10.1. The molecule has 0 radical (unpaired) electrons. The molecule has 2 unspecified atom stereocenters. The second-order valence-corrected chi connectivity index (χ2v) is 11.4. The highest BCUT2D eigenvalue weighted by atomic mass is 127. The zero-order valence-electron chi connectivity index (χ0n) is 21.1. The van der Waals surface area contributed by atoms with Crippen LogP contribution in [-0.2, 0) is 38.1 Å². The molecule has 0 aliphatic carbocycles. The third kappa shape index (κ3) is 11.4. The van der Waals surface area contributed by atoms with E-state index in [2.05, 4.69) is 5.32 Å². The zero-order valence-corrected chi connectivity index (χ0v) is 28.3. The quantitative estimate of drug-likeness (QED) is 0.103. The molecule has 0 heterocycles. The summed E-state index contributed by atoms with van der Waals surface area (Å²) in [7, 11) is 0. The smallest absolute Gasteiger partial charge is 0.303 e. The Bertz CT molecular complexity index is 1150. The molecular formula is C22H25ClI3N3O10. The number of nitrogens with two attached hydrogens (primary N) is 1. The molecule has 0 aliphatic rings. The Morgan fingerprint density at radius 1 is 0.795 bits per heavy atom. The maximum Gasteiger partial charge on any atom is 0.303 e. The van der Waals surface area contributed by atoms with E-state index in [1.807, 2.05) is 67.8 Å². The van der Waals surface area contributed by atoms with Gasteiger partial charge < -0.3 is 30.0 Å². The number of ether oxygens (including phenoxy) is 4. The summed E-state index contributed by atoms with van der Waals surface area (Å²) in [5, 5.41) is 2.59. The lowest BCUT2D eigenvalue weighted by molar-refractivity contribution is -0.156. The van der Waals surface area contributed by atoms with Crippen molar-refractivity contribution >= 4 is 121 Å². The summed E-state index contributed by atoms with van der Waals surface area (Å²) in [6.45, 7) is 3.52. The van der Waals surface area contributed by atoms with E-state index in [9.17, 15) is 28.8 Å². The highest BCUT2D eigenvalue weighted by Gasteiger charge is 2.31. The fraction of sp³-hybridized carbons (Fsp3) is 0.455. The van der Waals surface area contributed by atoms with E-state index in [4.69, 9.17) is 36.5 Å². The summed E-state index contributed by atoms with van der Waals surface area (Å²) in [5.74, 6) is -3.92. The molecule has 216 valence electrons. The number of hydrogen-bond donors (Lipinski definition) is 2. The minimum absolute atomic E-state index is 0.0137. The van der Waals surface area contributed by atoms with Crippen LogP contribution in [0.1, 0.15) is 48.4 Å². The van der Waals surface area contributed by atoms with E-state index >= 15 is 0 Å². The van der Waals surface area contributed by atoms with Gasteiger partial charge in [0.2, 0.25) is 0 Å². The third-order valence-corrected chi connectivity index (χ3v) is 8.09. The topological polar surface area (TPSA) is 181 Å². The SMILES string of the molecule is CC(=O)OCC(CNC(=O)c1c(I)c(N)c(I)c(C(=O)N(Cl)CC(COC(C)=O)OC(C)=O)c1I)OC(C)=O. The van der Waals surface area contributed by atoms with Gasteiger partial charge in [0.1, 0.15) is 13.2 Å². The monoisotopic (exact) mass is 907 g/mol. The first-order chi connectivity index (χ1) is 18.1. The Kier molecular flexibility index (Phi) is 15.0. The molecule has 0 spiro atoms. The zero-order chi connectivity index (χ0) is 30.0. The lowest BCUT2D eigenvalue weighted by Gasteiger charge is -2.24. The third-order valence-electron chi connectivity index (χ3n) is 4.48. The van der Waals surface area contributed by atoms with Crippen LogP contribution in [0.3, 0.4) is 0 Å². The molecule has 3 N–H and O–H groups in total. The molecule has 0 fully saturated rings. The van der Waals surface area contributed by atoms with Crippen molar-refractivity contribution in [2.45, 2.75) is 39.9 Å². The summed E-state index contributed by atoms with van der Waals surface area (Å²) in [4.78, 5) is 71.7. The van der Waals surface area contributed by atoms with Gasteiger partial charge in [0.05, 0.1) is 37.0 Å². The van der Waals surface area contributed by atoms with Crippen LogP contribution < -0.4 is 11.1 Å². The lowest BCUT2D eigenvalue weighted by Crippen LogP contribution is -2.39. The van der Waals surface area contributed by atoms with Gasteiger partial charge in [-0.15, -0.1) is 0 Å². The van der Waals surface area contributed by atoms with E-state index in [-0.39, 0.29) is 46.7 Å². The molecule has 1 aromatic rings. The van der Waals surface area contributed by atoms with Gasteiger partial charge in [0.15, 0.2) is 12.2 Å². The van der Waals surface area contributed by atoms with E-state index in [0.29, 0.717) is 7.14 Å². The van der Waals surface area contributed by atoms with Crippen LogP contribution in [0, 0.1) is 10.7 Å². The van der Waals surface area contributed by atoms with Crippen molar-refractivity contribution in [1.82, 2.24) is 9.74 Å². The van der Waals surface area contributed by atoms with E-state index in [0.717, 1.165) is 11.3 Å². The largest absolute Gasteiger partial charge is 0.462 e. The van der Waals surface area contributed by atoms with Crippen molar-refractivity contribution in [2.24, 2.45) is 0 Å². The number of nitrogen functional groups attached to an aromatic ring is 1. The molecule has 0 saturated carbocycles. The first kappa shape index (κ1) is 35.3. The number of rotatable bonds is 12. The van der Waals surface area contributed by atoms with Crippen molar-refractivity contribution in [1.29, 1.82) is 0 Å². The minimum atomic E-state index is -1.05. The second kappa shape index (κ2) is 16.6. The number of nitrogens with zero attached hydrogens (tertiary/aromatic N) is 1. The Labute approximate surface area is 270 Å². The summed E-state index contributed by atoms with van der Waals surface area (Å²) < 4.78 is 21.5. The molecule has 13 nitrogen and oxygen atoms in total. The van der Waals surface area contributed by atoms with Gasteiger partial charge in [-0.25, -0.2) is 4.42 Å². The molecule has 0 saturated heterocycles. The van der Waals surface area contributed by atoms with E-state index in [1.165, 1.54) is 20.8 Å². The number of halogens is 4. The standard InChI is InChI=1S/C22H25ClI3N3O10/c1-9(30)36-7-13(38-11(3)32)5-28-21(34)15-17(24)16(19(26)20(27)18(15)25)22(35)29(23)6-14(39-12(4)33)8-37-10(2)31/h13-14H,5-8,27H2,1-4H3,(H,28,34). The minimum Gasteiger partial charge on any atom is -0.462 e. The van der Waals surface area contributed by atoms with E-state index in [1.54, 1.807) is 0 Å². The highest BCUT2D eigenvalue weighted by Crippen LogP contribution is 2.35. The number of amides is 2. The van der Waals surface area contributed by atoms with Gasteiger partial charge in [-0.2, -0.15) is 0 Å². The normalized spacial score (nSPS) is 12.0. The first-order valence-corrected chi connectivity index (χ1v) is 14.5. The Balaban J connectivity index is 3.27. The molecule has 39 heavy (non-hydrogen) atoms. The molecular weight excluding hydrogens is 882 g/mol. The van der Waals surface area contributed by atoms with Gasteiger partial charge in [0, 0.05) is 43.0 Å². The Hall–Kier alpha value is -1.68. The average Bonchev–Trinajstić information content (AvgIpc) is 2.82. The van der Waals surface area contributed by atoms with Crippen molar-refractivity contribution in [3.05, 3.63) is 21.8 Å². The highest BCUT2D eigenvalue weighted by molar-refractivity contribution is 14.1.